The highest BCUT2D eigenvalue weighted by molar-refractivity contribution is 5.77. The summed E-state index contributed by atoms with van der Waals surface area (Å²) in [5.74, 6) is 0.451. The van der Waals surface area contributed by atoms with Crippen molar-refractivity contribution in [1.29, 1.82) is 0 Å². The Morgan fingerprint density at radius 1 is 1.10 bits per heavy atom. The van der Waals surface area contributed by atoms with Crippen LogP contribution >= 0.6 is 0 Å². The zero-order chi connectivity index (χ0) is 20.8. The average Bonchev–Trinajstić information content (AvgIpc) is 2.78. The third-order valence-electron chi connectivity index (χ3n) is 5.75. The van der Waals surface area contributed by atoms with Gasteiger partial charge in [-0.25, -0.2) is 4.98 Å². The first-order valence-electron chi connectivity index (χ1n) is 10.7. The largest absolute Gasteiger partial charge is 0.356 e. The summed E-state index contributed by atoms with van der Waals surface area (Å²) in [6, 6.07) is 17.8. The van der Waals surface area contributed by atoms with Crippen LogP contribution in [-0.2, 0) is 17.9 Å². The lowest BCUT2D eigenvalue weighted by Gasteiger charge is -2.32. The molecule has 1 fully saturated rings. The molecule has 0 bridgehead atoms. The fourth-order valence-electron chi connectivity index (χ4n) is 4.14. The van der Waals surface area contributed by atoms with Crippen molar-refractivity contribution in [3.8, 4) is 0 Å². The molecule has 1 N–H and O–H groups in total. The number of aromatic nitrogens is 2. The lowest BCUT2D eigenvalue weighted by molar-refractivity contribution is -0.121. The number of likely N-dealkylation sites (tertiary alicyclic amines) is 1. The molecule has 6 heteroatoms. The predicted octanol–water partition coefficient (Wildman–Crippen LogP) is 2.82. The van der Waals surface area contributed by atoms with E-state index in [9.17, 15) is 9.59 Å². The van der Waals surface area contributed by atoms with E-state index >= 15 is 0 Å². The molecule has 1 saturated heterocycles. The summed E-state index contributed by atoms with van der Waals surface area (Å²) in [5.41, 5.74) is 1.91. The number of fused-ring (bicyclic) bond motifs is 1. The lowest BCUT2D eigenvalue weighted by atomic mass is 9.97. The normalized spacial score (nSPS) is 17.1. The summed E-state index contributed by atoms with van der Waals surface area (Å²) in [4.78, 5) is 31.6. The molecule has 0 aliphatic carbocycles. The molecule has 1 unspecified atom stereocenters. The summed E-state index contributed by atoms with van der Waals surface area (Å²) in [7, 11) is 0. The van der Waals surface area contributed by atoms with E-state index in [-0.39, 0.29) is 17.9 Å². The monoisotopic (exact) mass is 404 g/mol. The molecule has 0 radical (unpaired) electrons. The van der Waals surface area contributed by atoms with Crippen molar-refractivity contribution < 1.29 is 4.79 Å². The van der Waals surface area contributed by atoms with Gasteiger partial charge < -0.3 is 5.32 Å². The van der Waals surface area contributed by atoms with E-state index in [0.29, 0.717) is 29.9 Å². The van der Waals surface area contributed by atoms with E-state index in [4.69, 9.17) is 0 Å². The molecule has 30 heavy (non-hydrogen) atoms. The van der Waals surface area contributed by atoms with E-state index in [1.54, 1.807) is 6.07 Å². The minimum atomic E-state index is -0.0998. The summed E-state index contributed by atoms with van der Waals surface area (Å²) in [6.07, 6.45) is 4.10. The Morgan fingerprint density at radius 2 is 1.90 bits per heavy atom. The molecular formula is C24H28N4O2. The molecule has 1 amide bonds. The molecule has 6 nitrogen and oxygen atoms in total. The van der Waals surface area contributed by atoms with Crippen molar-refractivity contribution in [2.24, 2.45) is 5.92 Å². The molecule has 1 aromatic heterocycles. The number of aryl methyl sites for hydroxylation is 1. The van der Waals surface area contributed by atoms with E-state index in [0.717, 1.165) is 32.5 Å². The number of carbonyl (C=O) groups excluding carboxylic acids is 1. The summed E-state index contributed by atoms with van der Waals surface area (Å²) in [6.45, 7) is 4.10. The molecule has 2 aromatic carbocycles. The molecule has 3 aromatic rings. The maximum Gasteiger partial charge on any atom is 0.261 e. The highest BCUT2D eigenvalue weighted by atomic mass is 16.1. The van der Waals surface area contributed by atoms with Gasteiger partial charge in [-0.2, -0.15) is 0 Å². The molecule has 4 rings (SSSR count). The maximum absolute atomic E-state index is 12.5. The van der Waals surface area contributed by atoms with Crippen LogP contribution in [0.3, 0.4) is 0 Å². The number of hydrogen-bond acceptors (Lipinski definition) is 4. The number of amides is 1. The second-order valence-corrected chi connectivity index (χ2v) is 8.04. The van der Waals surface area contributed by atoms with Crippen molar-refractivity contribution in [2.45, 2.75) is 32.4 Å². The van der Waals surface area contributed by atoms with Crippen LogP contribution in [-0.4, -0.2) is 40.0 Å². The number of rotatable bonds is 7. The third kappa shape index (κ3) is 5.13. The third-order valence-corrected chi connectivity index (χ3v) is 5.75. The number of carbonyl (C=O) groups is 1. The Morgan fingerprint density at radius 3 is 2.77 bits per heavy atom. The minimum Gasteiger partial charge on any atom is -0.356 e. The topological polar surface area (TPSA) is 67.2 Å². The van der Waals surface area contributed by atoms with Crippen LogP contribution < -0.4 is 10.9 Å². The smallest absolute Gasteiger partial charge is 0.261 e. The van der Waals surface area contributed by atoms with Crippen molar-refractivity contribution >= 4 is 16.8 Å². The van der Waals surface area contributed by atoms with Gasteiger partial charge in [0.25, 0.3) is 5.56 Å². The summed E-state index contributed by atoms with van der Waals surface area (Å²) >= 11 is 0. The zero-order valence-corrected chi connectivity index (χ0v) is 17.2. The van der Waals surface area contributed by atoms with Gasteiger partial charge >= 0.3 is 0 Å². The van der Waals surface area contributed by atoms with Crippen molar-refractivity contribution in [1.82, 2.24) is 19.8 Å². The molecule has 156 valence electrons. The van der Waals surface area contributed by atoms with Gasteiger partial charge in [0.2, 0.25) is 5.91 Å². The Hall–Kier alpha value is -2.99. The summed E-state index contributed by atoms with van der Waals surface area (Å²) < 4.78 is 1.52. The lowest BCUT2D eigenvalue weighted by Crippen LogP contribution is -2.40. The number of piperidine rings is 1. The summed E-state index contributed by atoms with van der Waals surface area (Å²) in [5, 5.41) is 3.65. The fraction of sp³-hybridized carbons (Fsp3) is 0.375. The molecule has 0 spiro atoms. The highest BCUT2D eigenvalue weighted by Crippen LogP contribution is 2.18. The van der Waals surface area contributed by atoms with Crippen LogP contribution in [0.5, 0.6) is 0 Å². The Bertz CT molecular complexity index is 1050. The van der Waals surface area contributed by atoms with Crippen LogP contribution in [0.2, 0.25) is 0 Å². The zero-order valence-electron chi connectivity index (χ0n) is 17.2. The second kappa shape index (κ2) is 9.67. The van der Waals surface area contributed by atoms with Crippen molar-refractivity contribution in [2.75, 3.05) is 19.6 Å². The van der Waals surface area contributed by atoms with Gasteiger partial charge in [-0.15, -0.1) is 0 Å². The van der Waals surface area contributed by atoms with Crippen LogP contribution in [0.25, 0.3) is 10.9 Å². The molecule has 2 heterocycles. The maximum atomic E-state index is 12.5. The van der Waals surface area contributed by atoms with Crippen LogP contribution in [0, 0.1) is 5.92 Å². The first-order chi connectivity index (χ1) is 14.7. The first-order valence-corrected chi connectivity index (χ1v) is 10.7. The number of hydrogen-bond donors (Lipinski definition) is 1. The number of nitrogens with zero attached hydrogens (tertiary/aromatic N) is 3. The van der Waals surface area contributed by atoms with Crippen molar-refractivity contribution in [3.63, 3.8) is 0 Å². The predicted molar refractivity (Wildman–Crippen MR) is 118 cm³/mol. The van der Waals surface area contributed by atoms with E-state index in [1.807, 2.05) is 24.3 Å². The van der Waals surface area contributed by atoms with Crippen LogP contribution in [0.15, 0.2) is 65.7 Å². The quantitative estimate of drug-likeness (QED) is 0.658. The van der Waals surface area contributed by atoms with Crippen molar-refractivity contribution in [3.05, 3.63) is 76.8 Å². The number of para-hydroxylation sites is 1. The fourth-order valence-corrected chi connectivity index (χ4v) is 4.14. The second-order valence-electron chi connectivity index (χ2n) is 8.04. The Balaban J connectivity index is 1.25. The molecule has 1 aliphatic heterocycles. The average molecular weight is 405 g/mol. The van der Waals surface area contributed by atoms with Crippen LogP contribution in [0.4, 0.5) is 0 Å². The van der Waals surface area contributed by atoms with E-state index < -0.39 is 0 Å². The molecule has 1 aliphatic rings. The van der Waals surface area contributed by atoms with Gasteiger partial charge in [-0.1, -0.05) is 42.5 Å². The van der Waals surface area contributed by atoms with Gasteiger partial charge in [0.05, 0.1) is 17.2 Å². The van der Waals surface area contributed by atoms with E-state index in [2.05, 4.69) is 39.5 Å². The van der Waals surface area contributed by atoms with Gasteiger partial charge in [0.1, 0.15) is 0 Å². The first kappa shape index (κ1) is 20.3. The molecular weight excluding hydrogens is 376 g/mol. The SMILES string of the molecule is O=C(CCn1cnc2ccccc2c1=O)NCC1CCCN(Cc2ccccc2)C1. The Labute approximate surface area is 176 Å². The minimum absolute atomic E-state index is 0.0183. The molecule has 1 atom stereocenters. The van der Waals surface area contributed by atoms with Crippen LogP contribution in [0.1, 0.15) is 24.8 Å². The van der Waals surface area contributed by atoms with Gasteiger partial charge in [-0.3, -0.25) is 19.1 Å². The highest BCUT2D eigenvalue weighted by Gasteiger charge is 2.20. The van der Waals surface area contributed by atoms with Gasteiger partial charge in [0, 0.05) is 32.6 Å². The standard InChI is InChI=1S/C24H28N4O2/c29-23(12-14-28-18-26-22-11-5-4-10-21(22)24(28)30)25-15-20-9-6-13-27(17-20)16-19-7-2-1-3-8-19/h1-5,7-8,10-11,18,20H,6,9,12-17H2,(H,25,29). The van der Waals surface area contributed by atoms with Gasteiger partial charge in [0.15, 0.2) is 0 Å². The van der Waals surface area contributed by atoms with Gasteiger partial charge in [-0.05, 0) is 43.0 Å². The number of benzene rings is 2. The van der Waals surface area contributed by atoms with E-state index in [1.165, 1.54) is 16.5 Å². The Kier molecular flexibility index (Phi) is 6.54. The molecule has 0 saturated carbocycles. The number of nitrogens with one attached hydrogen (secondary N) is 1.